The highest BCUT2D eigenvalue weighted by Gasteiger charge is 2.27. The van der Waals surface area contributed by atoms with Crippen LogP contribution in [0.1, 0.15) is 46.1 Å². The van der Waals surface area contributed by atoms with Crippen molar-refractivity contribution < 1.29 is 19.0 Å². The van der Waals surface area contributed by atoms with Gasteiger partial charge in [0.2, 0.25) is 5.75 Å². The lowest BCUT2D eigenvalue weighted by atomic mass is 9.92. The van der Waals surface area contributed by atoms with Gasteiger partial charge in [0.1, 0.15) is 0 Å². The fourth-order valence-corrected chi connectivity index (χ4v) is 4.12. The molecule has 0 fully saturated rings. The number of carbonyl (C=O) groups excluding carboxylic acids is 1. The minimum absolute atomic E-state index is 0.0835. The minimum atomic E-state index is -0.187. The van der Waals surface area contributed by atoms with Crippen LogP contribution >= 0.6 is 0 Å². The van der Waals surface area contributed by atoms with E-state index in [9.17, 15) is 4.79 Å². The van der Waals surface area contributed by atoms with E-state index in [1.54, 1.807) is 12.1 Å². The van der Waals surface area contributed by atoms with E-state index in [0.29, 0.717) is 22.8 Å². The molecule has 7 heteroatoms. The molecule has 1 heterocycles. The van der Waals surface area contributed by atoms with Crippen molar-refractivity contribution in [3.05, 3.63) is 71.0 Å². The molecule has 1 atom stereocenters. The number of rotatable bonds is 7. The van der Waals surface area contributed by atoms with E-state index in [2.05, 4.69) is 22.5 Å². The van der Waals surface area contributed by atoms with Gasteiger partial charge < -0.3 is 19.5 Å². The molecule has 4 rings (SSSR count). The van der Waals surface area contributed by atoms with Crippen molar-refractivity contribution in [1.82, 2.24) is 15.1 Å². The van der Waals surface area contributed by atoms with E-state index in [4.69, 9.17) is 14.2 Å². The number of hydrogen-bond acceptors (Lipinski definition) is 5. The third-order valence-electron chi connectivity index (χ3n) is 5.67. The lowest BCUT2D eigenvalue weighted by molar-refractivity contribution is 0.0931. The van der Waals surface area contributed by atoms with Gasteiger partial charge in [0.05, 0.1) is 40.1 Å². The van der Waals surface area contributed by atoms with Crippen LogP contribution in [0.5, 0.6) is 17.2 Å². The van der Waals surface area contributed by atoms with Crippen LogP contribution in [-0.2, 0) is 13.0 Å². The van der Waals surface area contributed by atoms with E-state index in [1.165, 1.54) is 32.6 Å². The molecule has 1 unspecified atom stereocenters. The number of hydrogen-bond donors (Lipinski definition) is 1. The van der Waals surface area contributed by atoms with Crippen LogP contribution in [0.15, 0.2) is 48.7 Å². The third-order valence-corrected chi connectivity index (χ3v) is 5.67. The standard InChI is InChI=1S/C24H27N3O4/c1-29-21-12-17(13-22(30-2)23(21)31-3)24(28)26-19-10-7-11-20-18(19)14-25-27(20)15-16-8-5-4-6-9-16/h4-6,8-9,12-14,19H,7,10-11,15H2,1-3H3,(H,26,28). The van der Waals surface area contributed by atoms with Gasteiger partial charge in [-0.05, 0) is 37.0 Å². The van der Waals surface area contributed by atoms with Crippen LogP contribution in [0.2, 0.25) is 0 Å². The maximum Gasteiger partial charge on any atom is 0.252 e. The van der Waals surface area contributed by atoms with Gasteiger partial charge in [0.15, 0.2) is 11.5 Å². The summed E-state index contributed by atoms with van der Waals surface area (Å²) in [5.74, 6) is 1.18. The summed E-state index contributed by atoms with van der Waals surface area (Å²) < 4.78 is 18.1. The van der Waals surface area contributed by atoms with Crippen LogP contribution in [0.4, 0.5) is 0 Å². The first-order chi connectivity index (χ1) is 15.1. The molecule has 7 nitrogen and oxygen atoms in total. The number of fused-ring (bicyclic) bond motifs is 1. The Kier molecular flexibility index (Phi) is 6.11. The molecular weight excluding hydrogens is 394 g/mol. The number of ether oxygens (including phenoxy) is 3. The molecule has 0 saturated heterocycles. The predicted molar refractivity (Wildman–Crippen MR) is 117 cm³/mol. The Morgan fingerprint density at radius 3 is 2.45 bits per heavy atom. The molecule has 1 aromatic heterocycles. The summed E-state index contributed by atoms with van der Waals surface area (Å²) in [7, 11) is 4.61. The van der Waals surface area contributed by atoms with Gasteiger partial charge in [-0.25, -0.2) is 0 Å². The Balaban J connectivity index is 1.56. The summed E-state index contributed by atoms with van der Waals surface area (Å²) in [6, 6.07) is 13.5. The largest absolute Gasteiger partial charge is 0.493 e. The molecule has 0 spiro atoms. The van der Waals surface area contributed by atoms with Gasteiger partial charge >= 0.3 is 0 Å². The highest BCUT2D eigenvalue weighted by Crippen LogP contribution is 2.38. The molecule has 31 heavy (non-hydrogen) atoms. The highest BCUT2D eigenvalue weighted by molar-refractivity contribution is 5.96. The second-order valence-electron chi connectivity index (χ2n) is 7.52. The Morgan fingerprint density at radius 2 is 1.81 bits per heavy atom. The molecule has 0 saturated carbocycles. The zero-order chi connectivity index (χ0) is 21.8. The number of amides is 1. The van der Waals surface area contributed by atoms with Crippen LogP contribution in [0, 0.1) is 0 Å². The van der Waals surface area contributed by atoms with Crippen LogP contribution in [-0.4, -0.2) is 37.0 Å². The molecular formula is C24H27N3O4. The Bertz CT molecular complexity index is 1040. The van der Waals surface area contributed by atoms with Gasteiger partial charge in [-0.3, -0.25) is 9.48 Å². The van der Waals surface area contributed by atoms with Crippen molar-refractivity contribution in [2.75, 3.05) is 21.3 Å². The van der Waals surface area contributed by atoms with Crippen molar-refractivity contribution in [1.29, 1.82) is 0 Å². The monoisotopic (exact) mass is 421 g/mol. The van der Waals surface area contributed by atoms with Gasteiger partial charge in [-0.2, -0.15) is 5.10 Å². The Labute approximate surface area is 181 Å². The van der Waals surface area contributed by atoms with E-state index in [-0.39, 0.29) is 11.9 Å². The van der Waals surface area contributed by atoms with Gasteiger partial charge in [0.25, 0.3) is 5.91 Å². The Morgan fingerprint density at radius 1 is 1.10 bits per heavy atom. The first kappa shape index (κ1) is 20.8. The predicted octanol–water partition coefficient (Wildman–Crippen LogP) is 3.76. The summed E-state index contributed by atoms with van der Waals surface area (Å²) in [6.45, 7) is 0.726. The van der Waals surface area contributed by atoms with Crippen molar-refractivity contribution in [2.45, 2.75) is 31.8 Å². The van der Waals surface area contributed by atoms with Crippen molar-refractivity contribution in [3.8, 4) is 17.2 Å². The number of aromatic nitrogens is 2. The second kappa shape index (κ2) is 9.12. The molecule has 1 aliphatic rings. The number of nitrogens with one attached hydrogen (secondary N) is 1. The molecule has 3 aromatic rings. The molecule has 1 N–H and O–H groups in total. The lowest BCUT2D eigenvalue weighted by Crippen LogP contribution is -2.31. The molecule has 1 aliphatic carbocycles. The molecule has 1 amide bonds. The maximum atomic E-state index is 13.1. The normalized spacial score (nSPS) is 15.1. The molecule has 2 aromatic carbocycles. The molecule has 0 radical (unpaired) electrons. The fraction of sp³-hybridized carbons (Fsp3) is 0.333. The smallest absolute Gasteiger partial charge is 0.252 e. The van der Waals surface area contributed by atoms with E-state index >= 15 is 0 Å². The summed E-state index contributed by atoms with van der Waals surface area (Å²) in [5, 5.41) is 7.77. The molecule has 0 aliphatic heterocycles. The van der Waals surface area contributed by atoms with Crippen molar-refractivity contribution >= 4 is 5.91 Å². The maximum absolute atomic E-state index is 13.1. The van der Waals surface area contributed by atoms with Crippen molar-refractivity contribution in [2.24, 2.45) is 0 Å². The lowest BCUT2D eigenvalue weighted by Gasteiger charge is -2.24. The summed E-state index contributed by atoms with van der Waals surface area (Å²) in [6.07, 6.45) is 4.71. The van der Waals surface area contributed by atoms with E-state index in [0.717, 1.165) is 31.4 Å². The van der Waals surface area contributed by atoms with Crippen LogP contribution < -0.4 is 19.5 Å². The van der Waals surface area contributed by atoms with E-state index in [1.807, 2.05) is 29.1 Å². The second-order valence-corrected chi connectivity index (χ2v) is 7.52. The number of benzene rings is 2. The molecule has 162 valence electrons. The Hall–Kier alpha value is -3.48. The first-order valence-corrected chi connectivity index (χ1v) is 10.3. The van der Waals surface area contributed by atoms with E-state index < -0.39 is 0 Å². The average Bonchev–Trinajstić information content (AvgIpc) is 3.22. The number of nitrogens with zero attached hydrogens (tertiary/aromatic N) is 2. The average molecular weight is 421 g/mol. The number of methoxy groups -OCH3 is 3. The third kappa shape index (κ3) is 4.21. The first-order valence-electron chi connectivity index (χ1n) is 10.3. The van der Waals surface area contributed by atoms with Gasteiger partial charge in [-0.1, -0.05) is 30.3 Å². The van der Waals surface area contributed by atoms with Crippen LogP contribution in [0.25, 0.3) is 0 Å². The van der Waals surface area contributed by atoms with Gasteiger partial charge in [-0.15, -0.1) is 0 Å². The summed E-state index contributed by atoms with van der Waals surface area (Å²) in [5.41, 5.74) is 3.93. The molecule has 0 bridgehead atoms. The minimum Gasteiger partial charge on any atom is -0.493 e. The van der Waals surface area contributed by atoms with Crippen molar-refractivity contribution in [3.63, 3.8) is 0 Å². The summed E-state index contributed by atoms with van der Waals surface area (Å²) >= 11 is 0. The topological polar surface area (TPSA) is 74.6 Å². The van der Waals surface area contributed by atoms with Crippen LogP contribution in [0.3, 0.4) is 0 Å². The quantitative estimate of drug-likeness (QED) is 0.629. The summed E-state index contributed by atoms with van der Waals surface area (Å²) in [4.78, 5) is 13.1. The van der Waals surface area contributed by atoms with Gasteiger partial charge in [0, 0.05) is 16.8 Å². The SMILES string of the molecule is COc1cc(C(=O)NC2CCCc3c2cnn3Cc2ccccc2)cc(OC)c1OC. The number of carbonyl (C=O) groups is 1. The fourth-order valence-electron chi connectivity index (χ4n) is 4.12. The zero-order valence-corrected chi connectivity index (χ0v) is 18.1. The highest BCUT2D eigenvalue weighted by atomic mass is 16.5. The zero-order valence-electron chi connectivity index (χ0n) is 18.1.